The first-order valence-corrected chi connectivity index (χ1v) is 9.20. The number of anilines is 1. The highest BCUT2D eigenvalue weighted by Gasteiger charge is 2.49. The summed E-state index contributed by atoms with van der Waals surface area (Å²) in [5.41, 5.74) is 2.55. The van der Waals surface area contributed by atoms with E-state index in [4.69, 9.17) is 0 Å². The van der Waals surface area contributed by atoms with Gasteiger partial charge in [-0.05, 0) is 25.0 Å². The molecule has 2 aliphatic rings. The van der Waals surface area contributed by atoms with Crippen molar-refractivity contribution in [3.05, 3.63) is 41.2 Å². The van der Waals surface area contributed by atoms with E-state index in [0.29, 0.717) is 11.8 Å². The van der Waals surface area contributed by atoms with Gasteiger partial charge in [0.05, 0.1) is 6.04 Å². The molecule has 0 N–H and O–H groups in total. The molecule has 3 atom stereocenters. The van der Waals surface area contributed by atoms with Crippen LogP contribution in [-0.4, -0.2) is 39.8 Å². The third kappa shape index (κ3) is 2.49. The Balaban J connectivity index is 1.66. The topological polar surface area (TPSA) is 49.3 Å². The molecule has 2 saturated heterocycles. The summed E-state index contributed by atoms with van der Waals surface area (Å²) in [5.74, 6) is 1.98. The molecular weight excluding hydrogens is 320 g/mol. The molecule has 2 aromatic rings. The van der Waals surface area contributed by atoms with Crippen molar-refractivity contribution in [3.63, 3.8) is 0 Å². The molecule has 0 unspecified atom stereocenters. The van der Waals surface area contributed by atoms with Crippen molar-refractivity contribution >= 4 is 22.6 Å². The van der Waals surface area contributed by atoms with E-state index in [2.05, 4.69) is 50.3 Å². The molecule has 1 aromatic heterocycles. The van der Waals surface area contributed by atoms with E-state index < -0.39 is 0 Å². The maximum atomic E-state index is 12.2. The Morgan fingerprint density at radius 1 is 1.21 bits per heavy atom. The van der Waals surface area contributed by atoms with Crippen molar-refractivity contribution in [3.8, 4) is 0 Å². The Morgan fingerprint density at radius 2 is 2.00 bits per heavy atom. The molecule has 1 aromatic carbocycles. The van der Waals surface area contributed by atoms with Crippen LogP contribution in [0.4, 0.5) is 5.13 Å². The molecule has 0 spiro atoms. The Hall–Kier alpha value is -1.95. The highest BCUT2D eigenvalue weighted by Crippen LogP contribution is 2.46. The third-order valence-corrected chi connectivity index (χ3v) is 6.23. The highest BCUT2D eigenvalue weighted by atomic mass is 32.1. The van der Waals surface area contributed by atoms with Crippen LogP contribution in [0, 0.1) is 25.7 Å². The minimum Gasteiger partial charge on any atom is -0.346 e. The lowest BCUT2D eigenvalue weighted by molar-refractivity contribution is -0.130. The van der Waals surface area contributed by atoms with Crippen molar-refractivity contribution in [2.24, 2.45) is 11.8 Å². The zero-order valence-electron chi connectivity index (χ0n) is 14.3. The van der Waals surface area contributed by atoms with Gasteiger partial charge in [0, 0.05) is 49.9 Å². The van der Waals surface area contributed by atoms with E-state index in [-0.39, 0.29) is 11.9 Å². The number of aryl methyl sites for hydroxylation is 2. The molecular formula is C18H22N4OS. The minimum atomic E-state index is 0.174. The normalized spacial score (nSPS) is 26.0. The van der Waals surface area contributed by atoms with Gasteiger partial charge in [0.25, 0.3) is 0 Å². The number of hydrogen-bond acceptors (Lipinski definition) is 5. The monoisotopic (exact) mass is 342 g/mol. The van der Waals surface area contributed by atoms with Crippen LogP contribution in [0.25, 0.3) is 0 Å². The number of likely N-dealkylation sites (tertiary alicyclic amines) is 1. The van der Waals surface area contributed by atoms with Crippen molar-refractivity contribution in [1.29, 1.82) is 0 Å². The standard InChI is InChI=1S/C18H22N4OS/c1-11-6-4-5-7-15(11)17-16-10-21(18-19-12(2)20-24-18)8-14(16)9-22(17)13(3)23/h4-7,14,16-17H,8-10H2,1-3H3/t14-,16-,17+/m1/s1. The van der Waals surface area contributed by atoms with Gasteiger partial charge in [-0.15, -0.1) is 0 Å². The molecule has 126 valence electrons. The number of rotatable bonds is 2. The number of carbonyl (C=O) groups excluding carboxylic acids is 1. The van der Waals surface area contributed by atoms with Crippen LogP contribution in [0.3, 0.4) is 0 Å². The van der Waals surface area contributed by atoms with Gasteiger partial charge in [0.15, 0.2) is 0 Å². The lowest BCUT2D eigenvalue weighted by atomic mass is 9.87. The van der Waals surface area contributed by atoms with Gasteiger partial charge in [-0.25, -0.2) is 4.98 Å². The fourth-order valence-corrected chi connectivity index (χ4v) is 4.95. The maximum Gasteiger partial charge on any atom is 0.219 e. The number of benzene rings is 1. The first-order chi connectivity index (χ1) is 11.5. The van der Waals surface area contributed by atoms with Crippen molar-refractivity contribution in [2.45, 2.75) is 26.8 Å². The number of aromatic nitrogens is 2. The summed E-state index contributed by atoms with van der Waals surface area (Å²) >= 11 is 1.48. The average molecular weight is 342 g/mol. The van der Waals surface area contributed by atoms with Crippen molar-refractivity contribution in [2.75, 3.05) is 24.5 Å². The summed E-state index contributed by atoms with van der Waals surface area (Å²) in [5, 5.41) is 1.01. The van der Waals surface area contributed by atoms with Crippen LogP contribution in [0.2, 0.25) is 0 Å². The van der Waals surface area contributed by atoms with Gasteiger partial charge in [0.2, 0.25) is 11.0 Å². The molecule has 0 saturated carbocycles. The largest absolute Gasteiger partial charge is 0.346 e. The Labute approximate surface area is 146 Å². The first kappa shape index (κ1) is 15.6. The number of nitrogens with zero attached hydrogens (tertiary/aromatic N) is 4. The van der Waals surface area contributed by atoms with E-state index in [9.17, 15) is 4.79 Å². The molecule has 2 fully saturated rings. The zero-order valence-corrected chi connectivity index (χ0v) is 15.1. The molecule has 0 radical (unpaired) electrons. The summed E-state index contributed by atoms with van der Waals surface area (Å²) in [6.45, 7) is 8.52. The molecule has 5 nitrogen and oxygen atoms in total. The van der Waals surface area contributed by atoms with E-state index in [1.165, 1.54) is 22.7 Å². The second-order valence-corrected chi connectivity index (χ2v) is 7.66. The highest BCUT2D eigenvalue weighted by molar-refractivity contribution is 7.09. The summed E-state index contributed by atoms with van der Waals surface area (Å²) in [6.07, 6.45) is 0. The van der Waals surface area contributed by atoms with Crippen molar-refractivity contribution < 1.29 is 4.79 Å². The molecule has 3 heterocycles. The van der Waals surface area contributed by atoms with Gasteiger partial charge in [-0.3, -0.25) is 4.79 Å². The van der Waals surface area contributed by atoms with E-state index >= 15 is 0 Å². The van der Waals surface area contributed by atoms with E-state index in [1.807, 2.05) is 6.92 Å². The zero-order chi connectivity index (χ0) is 16.8. The molecule has 2 aliphatic heterocycles. The number of carbonyl (C=O) groups is 1. The Kier molecular flexibility index (Phi) is 3.79. The van der Waals surface area contributed by atoms with Crippen molar-refractivity contribution in [1.82, 2.24) is 14.3 Å². The molecule has 0 aliphatic carbocycles. The Morgan fingerprint density at radius 3 is 2.67 bits per heavy atom. The summed E-state index contributed by atoms with van der Waals surface area (Å²) in [6, 6.07) is 8.63. The molecule has 24 heavy (non-hydrogen) atoms. The van der Waals surface area contributed by atoms with Crippen LogP contribution in [-0.2, 0) is 4.79 Å². The average Bonchev–Trinajstić information content (AvgIpc) is 3.21. The van der Waals surface area contributed by atoms with Crippen LogP contribution in [0.15, 0.2) is 24.3 Å². The van der Waals surface area contributed by atoms with Gasteiger partial charge < -0.3 is 9.80 Å². The number of hydrogen-bond donors (Lipinski definition) is 0. The molecule has 1 amide bonds. The third-order valence-electron chi connectivity index (χ3n) is 5.36. The smallest absolute Gasteiger partial charge is 0.219 e. The molecule has 0 bridgehead atoms. The quantitative estimate of drug-likeness (QED) is 0.842. The van der Waals surface area contributed by atoms with Gasteiger partial charge in [-0.2, -0.15) is 4.37 Å². The SMILES string of the molecule is CC(=O)N1C[C@H]2CN(c3nc(C)ns3)C[C@H]2[C@@H]1c1ccccc1C. The van der Waals surface area contributed by atoms with Crippen LogP contribution >= 0.6 is 11.5 Å². The summed E-state index contributed by atoms with van der Waals surface area (Å²) in [7, 11) is 0. The number of amides is 1. The van der Waals surface area contributed by atoms with Gasteiger partial charge >= 0.3 is 0 Å². The van der Waals surface area contributed by atoms with Crippen LogP contribution in [0.5, 0.6) is 0 Å². The second-order valence-electron chi connectivity index (χ2n) is 6.93. The summed E-state index contributed by atoms with van der Waals surface area (Å²) < 4.78 is 4.31. The predicted octanol–water partition coefficient (Wildman–Crippen LogP) is 2.81. The fourth-order valence-electron chi connectivity index (χ4n) is 4.26. The molecule has 6 heteroatoms. The van der Waals surface area contributed by atoms with E-state index in [1.54, 1.807) is 6.92 Å². The fraction of sp³-hybridized carbons (Fsp3) is 0.500. The lowest BCUT2D eigenvalue weighted by Crippen LogP contribution is -2.34. The summed E-state index contributed by atoms with van der Waals surface area (Å²) in [4.78, 5) is 21.2. The first-order valence-electron chi connectivity index (χ1n) is 8.42. The van der Waals surface area contributed by atoms with Gasteiger partial charge in [-0.1, -0.05) is 24.3 Å². The molecule has 4 rings (SSSR count). The predicted molar refractivity (Wildman–Crippen MR) is 95.1 cm³/mol. The number of fused-ring (bicyclic) bond motifs is 1. The van der Waals surface area contributed by atoms with Crippen LogP contribution in [0.1, 0.15) is 29.9 Å². The minimum absolute atomic E-state index is 0.174. The second kappa shape index (κ2) is 5.84. The lowest BCUT2D eigenvalue weighted by Gasteiger charge is -2.30. The van der Waals surface area contributed by atoms with Gasteiger partial charge in [0.1, 0.15) is 5.82 Å². The van der Waals surface area contributed by atoms with Crippen LogP contribution < -0.4 is 4.90 Å². The maximum absolute atomic E-state index is 12.2. The van der Waals surface area contributed by atoms with E-state index in [0.717, 1.165) is 30.6 Å². The Bertz CT molecular complexity index is 774.